The van der Waals surface area contributed by atoms with Gasteiger partial charge in [-0.15, -0.1) is 0 Å². The van der Waals surface area contributed by atoms with Gasteiger partial charge in [-0.2, -0.15) is 13.2 Å². The molecule has 2 aliphatic rings. The van der Waals surface area contributed by atoms with Crippen LogP contribution in [0.1, 0.15) is 50.3 Å². The first-order valence-corrected chi connectivity index (χ1v) is 13.5. The number of anilines is 2. The number of hydrogen-bond donors (Lipinski definition) is 0. The second kappa shape index (κ2) is 10.4. The van der Waals surface area contributed by atoms with Crippen molar-refractivity contribution in [2.75, 3.05) is 24.5 Å². The highest BCUT2D eigenvalue weighted by Crippen LogP contribution is 2.58. The molecule has 0 N–H and O–H groups in total. The minimum atomic E-state index is -4.66. The zero-order valence-corrected chi connectivity index (χ0v) is 23.2. The van der Waals surface area contributed by atoms with Crippen LogP contribution in [0.5, 0.6) is 5.75 Å². The molecule has 0 aromatic heterocycles. The van der Waals surface area contributed by atoms with E-state index in [-0.39, 0.29) is 73.4 Å². The summed E-state index contributed by atoms with van der Waals surface area (Å²) in [6.07, 6.45) is -4.10. The van der Waals surface area contributed by atoms with Gasteiger partial charge >= 0.3 is 6.18 Å². The van der Waals surface area contributed by atoms with E-state index < -0.39 is 27.5 Å². The molecule has 216 valence electrons. The summed E-state index contributed by atoms with van der Waals surface area (Å²) in [5, 5.41) is 12.0. The average molecular weight is 568 g/mol. The van der Waals surface area contributed by atoms with Gasteiger partial charge in [-0.1, -0.05) is 63.2 Å². The first kappa shape index (κ1) is 28.4. The van der Waals surface area contributed by atoms with Gasteiger partial charge in [-0.3, -0.25) is 14.9 Å². The molecule has 1 spiro atoms. The number of amides is 1. The van der Waals surface area contributed by atoms with Crippen molar-refractivity contribution in [1.82, 2.24) is 4.90 Å². The Morgan fingerprint density at radius 3 is 2.22 bits per heavy atom. The summed E-state index contributed by atoms with van der Waals surface area (Å²) in [4.78, 5) is 27.8. The van der Waals surface area contributed by atoms with Gasteiger partial charge < -0.3 is 14.5 Å². The monoisotopic (exact) mass is 567 g/mol. The molecule has 0 atom stereocenters. The number of para-hydroxylation sites is 2. The Morgan fingerprint density at radius 2 is 1.61 bits per heavy atom. The summed E-state index contributed by atoms with van der Waals surface area (Å²) in [6, 6.07) is 17.7. The van der Waals surface area contributed by atoms with Crippen LogP contribution in [0.25, 0.3) is 0 Å². The van der Waals surface area contributed by atoms with E-state index in [4.69, 9.17) is 4.74 Å². The number of ether oxygens (including phenoxy) is 1. The maximum Gasteiger partial charge on any atom is 0.416 e. The van der Waals surface area contributed by atoms with Crippen LogP contribution >= 0.6 is 0 Å². The lowest BCUT2D eigenvalue weighted by molar-refractivity contribution is -0.384. The third-order valence-corrected chi connectivity index (χ3v) is 7.96. The normalized spacial score (nSPS) is 16.5. The number of alkyl halides is 3. The summed E-state index contributed by atoms with van der Waals surface area (Å²) in [6.45, 7) is 6.24. The number of nitro groups is 1. The Labute approximate surface area is 236 Å². The van der Waals surface area contributed by atoms with Gasteiger partial charge in [-0.25, -0.2) is 0 Å². The molecule has 2 heterocycles. The molecule has 41 heavy (non-hydrogen) atoms. The summed E-state index contributed by atoms with van der Waals surface area (Å²) in [5.41, 5.74) is -1.29. The van der Waals surface area contributed by atoms with Crippen molar-refractivity contribution in [1.29, 1.82) is 0 Å². The minimum Gasteiger partial charge on any atom is -0.487 e. The summed E-state index contributed by atoms with van der Waals surface area (Å²) in [5.74, 6) is 0.164. The molecule has 10 heteroatoms. The molecule has 0 aliphatic carbocycles. The standard InChI is InChI=1S/C31H32F3N3O4/c1-29(2,3)28(38)35-17-15-30(16-18-35)20-36(23-11-7-8-12-24(23)37(39)40)27-25(41-19-21-9-5-4-6-10-21)14-13-22(26(27)30)31(32,33)34/h4-14H,15-20H2,1-3H3. The molecule has 1 fully saturated rings. The van der Waals surface area contributed by atoms with E-state index in [1.165, 1.54) is 18.2 Å². The number of rotatable bonds is 5. The van der Waals surface area contributed by atoms with Crippen LogP contribution in [0.3, 0.4) is 0 Å². The molecule has 0 unspecified atom stereocenters. The number of halogens is 3. The highest BCUT2D eigenvalue weighted by atomic mass is 19.4. The number of carbonyl (C=O) groups is 1. The van der Waals surface area contributed by atoms with Crippen LogP contribution in [0.15, 0.2) is 66.7 Å². The molecular weight excluding hydrogens is 535 g/mol. The fraction of sp³-hybridized carbons (Fsp3) is 0.387. The zero-order chi connectivity index (χ0) is 29.6. The molecule has 5 rings (SSSR count). The molecule has 3 aromatic carbocycles. The maximum atomic E-state index is 14.6. The van der Waals surface area contributed by atoms with Crippen LogP contribution in [0.2, 0.25) is 0 Å². The number of benzene rings is 3. The highest BCUT2D eigenvalue weighted by molar-refractivity contribution is 5.84. The van der Waals surface area contributed by atoms with Gasteiger partial charge in [0, 0.05) is 36.5 Å². The van der Waals surface area contributed by atoms with Gasteiger partial charge in [0.2, 0.25) is 5.91 Å². The van der Waals surface area contributed by atoms with Gasteiger partial charge in [0.05, 0.1) is 16.2 Å². The Hall–Kier alpha value is -4.08. The third kappa shape index (κ3) is 5.35. The van der Waals surface area contributed by atoms with E-state index in [0.717, 1.165) is 11.6 Å². The summed E-state index contributed by atoms with van der Waals surface area (Å²) < 4.78 is 50.0. The number of hydrogen-bond acceptors (Lipinski definition) is 5. The fourth-order valence-electron chi connectivity index (χ4n) is 6.00. The fourth-order valence-corrected chi connectivity index (χ4v) is 6.00. The van der Waals surface area contributed by atoms with Crippen LogP contribution in [-0.2, 0) is 23.0 Å². The number of fused-ring (bicyclic) bond motifs is 2. The number of nitro benzene ring substituents is 1. The smallest absolute Gasteiger partial charge is 0.416 e. The molecule has 0 bridgehead atoms. The Bertz CT molecular complexity index is 1460. The molecule has 2 aliphatic heterocycles. The van der Waals surface area contributed by atoms with E-state index in [0.29, 0.717) is 0 Å². The van der Waals surface area contributed by atoms with Crippen molar-refractivity contribution in [3.8, 4) is 5.75 Å². The van der Waals surface area contributed by atoms with E-state index in [1.807, 2.05) is 51.1 Å². The number of likely N-dealkylation sites (tertiary alicyclic amines) is 1. The third-order valence-electron chi connectivity index (χ3n) is 7.96. The van der Waals surface area contributed by atoms with E-state index in [2.05, 4.69) is 0 Å². The summed E-state index contributed by atoms with van der Waals surface area (Å²) >= 11 is 0. The lowest BCUT2D eigenvalue weighted by Gasteiger charge is -2.42. The number of nitrogens with zero attached hydrogens (tertiary/aromatic N) is 3. The molecule has 1 saturated heterocycles. The first-order valence-electron chi connectivity index (χ1n) is 13.5. The second-order valence-corrected chi connectivity index (χ2v) is 11.8. The number of piperidine rings is 1. The van der Waals surface area contributed by atoms with Gasteiger partial charge in [0.15, 0.2) is 0 Å². The van der Waals surface area contributed by atoms with Crippen molar-refractivity contribution >= 4 is 23.0 Å². The van der Waals surface area contributed by atoms with E-state index in [1.54, 1.807) is 21.9 Å². The van der Waals surface area contributed by atoms with Gasteiger partial charge in [0.25, 0.3) is 5.69 Å². The van der Waals surface area contributed by atoms with Crippen molar-refractivity contribution in [3.05, 3.63) is 93.5 Å². The van der Waals surface area contributed by atoms with Crippen LogP contribution in [0, 0.1) is 15.5 Å². The van der Waals surface area contributed by atoms with Gasteiger partial charge in [-0.05, 0) is 42.2 Å². The Balaban J connectivity index is 1.66. The topological polar surface area (TPSA) is 75.9 Å². The van der Waals surface area contributed by atoms with Crippen LogP contribution < -0.4 is 9.64 Å². The maximum absolute atomic E-state index is 14.6. The summed E-state index contributed by atoms with van der Waals surface area (Å²) in [7, 11) is 0. The minimum absolute atomic E-state index is 0.0582. The lowest BCUT2D eigenvalue weighted by Crippen LogP contribution is -2.50. The largest absolute Gasteiger partial charge is 0.487 e. The van der Waals surface area contributed by atoms with Crippen LogP contribution in [-0.4, -0.2) is 35.4 Å². The zero-order valence-electron chi connectivity index (χ0n) is 23.2. The van der Waals surface area contributed by atoms with E-state index >= 15 is 0 Å². The van der Waals surface area contributed by atoms with Gasteiger partial charge in [0.1, 0.15) is 18.0 Å². The first-order chi connectivity index (χ1) is 19.3. The molecule has 1 amide bonds. The Kier molecular flexibility index (Phi) is 7.21. The lowest BCUT2D eigenvalue weighted by atomic mass is 9.72. The SMILES string of the molecule is CC(C)(C)C(=O)N1CCC2(CC1)CN(c1ccccc1[N+](=O)[O-])c1c(OCc3ccccc3)ccc(C(F)(F)F)c12. The molecule has 7 nitrogen and oxygen atoms in total. The predicted octanol–water partition coefficient (Wildman–Crippen LogP) is 7.25. The highest BCUT2D eigenvalue weighted by Gasteiger charge is 2.53. The molecule has 0 saturated carbocycles. The van der Waals surface area contributed by atoms with Crippen molar-refractivity contribution in [3.63, 3.8) is 0 Å². The Morgan fingerprint density at radius 1 is 0.976 bits per heavy atom. The van der Waals surface area contributed by atoms with Crippen molar-refractivity contribution in [2.45, 2.75) is 51.8 Å². The van der Waals surface area contributed by atoms with Crippen molar-refractivity contribution in [2.24, 2.45) is 5.41 Å². The number of carbonyl (C=O) groups excluding carboxylic acids is 1. The molecule has 3 aromatic rings. The van der Waals surface area contributed by atoms with E-state index in [9.17, 15) is 28.1 Å². The van der Waals surface area contributed by atoms with Crippen molar-refractivity contribution < 1.29 is 27.6 Å². The molecule has 0 radical (unpaired) electrons. The predicted molar refractivity (Wildman–Crippen MR) is 149 cm³/mol. The molecular formula is C31H32F3N3O4. The van der Waals surface area contributed by atoms with Crippen LogP contribution in [0.4, 0.5) is 30.2 Å². The second-order valence-electron chi connectivity index (χ2n) is 11.8. The quantitative estimate of drug-likeness (QED) is 0.240. The average Bonchev–Trinajstić information content (AvgIpc) is 3.25.